The Bertz CT molecular complexity index is 989. The van der Waals surface area contributed by atoms with E-state index in [1.54, 1.807) is 31.4 Å². The molecular weight excluding hydrogens is 368 g/mol. The topological polar surface area (TPSA) is 94.0 Å². The first-order valence-electron chi connectivity index (χ1n) is 8.42. The van der Waals surface area contributed by atoms with Crippen LogP contribution in [0, 0.1) is 0 Å². The molecule has 2 aromatic heterocycles. The van der Waals surface area contributed by atoms with E-state index < -0.39 is 0 Å². The molecule has 0 unspecified atom stereocenters. The Hall–Kier alpha value is -3.13. The smallest absolute Gasteiger partial charge is 0.320 e. The zero-order valence-electron chi connectivity index (χ0n) is 14.5. The zero-order valence-corrected chi connectivity index (χ0v) is 15.3. The summed E-state index contributed by atoms with van der Waals surface area (Å²) in [6.07, 6.45) is 2.28. The fourth-order valence-electron chi connectivity index (χ4n) is 2.96. The fourth-order valence-corrected chi connectivity index (χ4v) is 3.19. The quantitative estimate of drug-likeness (QED) is 0.723. The van der Waals surface area contributed by atoms with Crippen LogP contribution in [-0.2, 0) is 7.05 Å². The second-order valence-corrected chi connectivity index (χ2v) is 6.48. The number of halogens is 1. The van der Waals surface area contributed by atoms with Gasteiger partial charge in [-0.05, 0) is 18.2 Å². The van der Waals surface area contributed by atoms with Gasteiger partial charge in [0.05, 0.1) is 29.6 Å². The number of amides is 2. The number of rotatable bonds is 3. The molecule has 27 heavy (non-hydrogen) atoms. The van der Waals surface area contributed by atoms with Crippen molar-refractivity contribution in [2.45, 2.75) is 12.5 Å². The first kappa shape index (κ1) is 17.3. The number of aromatic nitrogens is 4. The number of carbonyl (C=O) groups is 1. The average Bonchev–Trinajstić information content (AvgIpc) is 3.09. The predicted molar refractivity (Wildman–Crippen MR) is 101 cm³/mol. The molecule has 0 saturated heterocycles. The zero-order chi connectivity index (χ0) is 18.8. The summed E-state index contributed by atoms with van der Waals surface area (Å²) in [7, 11) is 1.73. The van der Waals surface area contributed by atoms with E-state index in [0.29, 0.717) is 41.0 Å². The van der Waals surface area contributed by atoms with Gasteiger partial charge in [-0.3, -0.25) is 5.32 Å². The largest absolute Gasteiger partial charge is 0.492 e. The van der Waals surface area contributed by atoms with Crippen molar-refractivity contribution in [2.24, 2.45) is 7.05 Å². The van der Waals surface area contributed by atoms with Gasteiger partial charge in [0, 0.05) is 19.0 Å². The highest BCUT2D eigenvalue weighted by Gasteiger charge is 2.24. The number of hydrogen-bond acceptors (Lipinski definition) is 5. The molecule has 3 heterocycles. The molecule has 4 rings (SSSR count). The highest BCUT2D eigenvalue weighted by atomic mass is 35.5. The maximum atomic E-state index is 12.5. The third-order valence-electron chi connectivity index (χ3n) is 4.18. The van der Waals surface area contributed by atoms with Gasteiger partial charge in [0.1, 0.15) is 17.3 Å². The van der Waals surface area contributed by atoms with E-state index in [1.807, 2.05) is 18.2 Å². The second kappa shape index (κ2) is 7.24. The molecule has 2 N–H and O–H groups in total. The lowest BCUT2D eigenvalue weighted by molar-refractivity contribution is 0.232. The summed E-state index contributed by atoms with van der Waals surface area (Å²) in [5, 5.41) is 14.5. The van der Waals surface area contributed by atoms with E-state index in [1.165, 1.54) is 4.80 Å². The van der Waals surface area contributed by atoms with Crippen molar-refractivity contribution >= 4 is 23.4 Å². The SMILES string of the molecule is Cn1ncc(-c2cccc(NC(=O)N[C@H]3CCOc4c(Cl)cccc43)n2)n1. The highest BCUT2D eigenvalue weighted by molar-refractivity contribution is 6.32. The van der Waals surface area contributed by atoms with Crippen molar-refractivity contribution in [2.75, 3.05) is 11.9 Å². The lowest BCUT2D eigenvalue weighted by Gasteiger charge is -2.27. The van der Waals surface area contributed by atoms with Crippen molar-refractivity contribution in [1.29, 1.82) is 0 Å². The highest BCUT2D eigenvalue weighted by Crippen LogP contribution is 2.37. The molecule has 9 heteroatoms. The summed E-state index contributed by atoms with van der Waals surface area (Å²) in [4.78, 5) is 18.3. The van der Waals surface area contributed by atoms with Gasteiger partial charge in [-0.1, -0.05) is 29.8 Å². The molecule has 2 amide bonds. The van der Waals surface area contributed by atoms with Crippen molar-refractivity contribution in [3.63, 3.8) is 0 Å². The van der Waals surface area contributed by atoms with Gasteiger partial charge < -0.3 is 10.1 Å². The minimum absolute atomic E-state index is 0.185. The summed E-state index contributed by atoms with van der Waals surface area (Å²) in [5.74, 6) is 1.05. The molecule has 0 bridgehead atoms. The molecule has 0 spiro atoms. The van der Waals surface area contributed by atoms with Crippen LogP contribution in [-0.4, -0.2) is 32.6 Å². The predicted octanol–water partition coefficient (Wildman–Crippen LogP) is 3.18. The Kier molecular flexibility index (Phi) is 4.64. The maximum absolute atomic E-state index is 12.5. The number of ether oxygens (including phenoxy) is 1. The number of nitrogens with one attached hydrogen (secondary N) is 2. The van der Waals surface area contributed by atoms with Crippen LogP contribution >= 0.6 is 11.6 Å². The number of aryl methyl sites for hydroxylation is 1. The minimum atomic E-state index is -0.350. The Balaban J connectivity index is 1.47. The van der Waals surface area contributed by atoms with Crippen molar-refractivity contribution in [3.8, 4) is 17.1 Å². The van der Waals surface area contributed by atoms with Crippen molar-refractivity contribution < 1.29 is 9.53 Å². The van der Waals surface area contributed by atoms with E-state index in [0.717, 1.165) is 5.56 Å². The second-order valence-electron chi connectivity index (χ2n) is 6.07. The van der Waals surface area contributed by atoms with E-state index in [2.05, 4.69) is 25.8 Å². The standard InChI is InChI=1S/C18H17ClN6O2/c1-25-20-10-15(24-25)14-6-3-7-16(21-14)23-18(26)22-13-8-9-27-17-11(13)4-2-5-12(17)19/h2-7,10,13H,8-9H2,1H3,(H2,21,22,23,26)/t13-/m0/s1. The summed E-state index contributed by atoms with van der Waals surface area (Å²) in [6.45, 7) is 0.488. The lowest BCUT2D eigenvalue weighted by Crippen LogP contribution is -2.35. The number of urea groups is 1. The molecule has 1 aliphatic heterocycles. The molecule has 0 fully saturated rings. The summed E-state index contributed by atoms with van der Waals surface area (Å²) >= 11 is 6.18. The van der Waals surface area contributed by atoms with Crippen molar-refractivity contribution in [3.05, 3.63) is 53.2 Å². The molecule has 0 saturated carbocycles. The first-order valence-corrected chi connectivity index (χ1v) is 8.80. The molecule has 3 aromatic rings. The van der Waals surface area contributed by atoms with Gasteiger partial charge in [-0.25, -0.2) is 9.78 Å². The van der Waals surface area contributed by atoms with E-state index in [-0.39, 0.29) is 12.1 Å². The molecule has 1 atom stereocenters. The number of anilines is 1. The summed E-state index contributed by atoms with van der Waals surface area (Å²) in [5.41, 5.74) is 2.13. The monoisotopic (exact) mass is 384 g/mol. The van der Waals surface area contributed by atoms with E-state index in [9.17, 15) is 4.79 Å². The molecule has 0 radical (unpaired) electrons. The Labute approximate surface area is 160 Å². The Morgan fingerprint density at radius 3 is 2.93 bits per heavy atom. The minimum Gasteiger partial charge on any atom is -0.492 e. The number of pyridine rings is 1. The maximum Gasteiger partial charge on any atom is 0.320 e. The molecule has 1 aromatic carbocycles. The third-order valence-corrected chi connectivity index (χ3v) is 4.48. The van der Waals surface area contributed by atoms with E-state index in [4.69, 9.17) is 16.3 Å². The number of nitrogens with zero attached hydrogens (tertiary/aromatic N) is 4. The van der Waals surface area contributed by atoms with Crippen molar-refractivity contribution in [1.82, 2.24) is 25.3 Å². The third kappa shape index (κ3) is 3.70. The number of para-hydroxylation sites is 1. The van der Waals surface area contributed by atoms with Crippen LogP contribution in [0.15, 0.2) is 42.6 Å². The molecule has 8 nitrogen and oxygen atoms in total. The number of hydrogen-bond donors (Lipinski definition) is 2. The summed E-state index contributed by atoms with van der Waals surface area (Å²) in [6, 6.07) is 10.3. The van der Waals surface area contributed by atoms with Crippen LogP contribution < -0.4 is 15.4 Å². The van der Waals surface area contributed by atoms with Gasteiger partial charge in [0.15, 0.2) is 0 Å². The molecule has 1 aliphatic rings. The number of carbonyl (C=O) groups excluding carboxylic acids is 1. The molecule has 0 aliphatic carbocycles. The number of fused-ring (bicyclic) bond motifs is 1. The average molecular weight is 385 g/mol. The fraction of sp³-hybridized carbons (Fsp3) is 0.222. The van der Waals surface area contributed by atoms with Gasteiger partial charge >= 0.3 is 6.03 Å². The molecular formula is C18H17ClN6O2. The van der Waals surface area contributed by atoms with Crippen LogP contribution in [0.4, 0.5) is 10.6 Å². The Morgan fingerprint density at radius 1 is 1.26 bits per heavy atom. The normalized spacial score (nSPS) is 15.6. The van der Waals surface area contributed by atoms with Crippen LogP contribution in [0.3, 0.4) is 0 Å². The summed E-state index contributed by atoms with van der Waals surface area (Å²) < 4.78 is 5.62. The van der Waals surface area contributed by atoms with E-state index >= 15 is 0 Å². The number of benzene rings is 1. The van der Waals surface area contributed by atoms with Crippen LogP contribution in [0.5, 0.6) is 5.75 Å². The lowest BCUT2D eigenvalue weighted by atomic mass is 10.0. The van der Waals surface area contributed by atoms with Gasteiger partial charge in [0.25, 0.3) is 0 Å². The van der Waals surface area contributed by atoms with Gasteiger partial charge in [-0.2, -0.15) is 15.0 Å². The van der Waals surface area contributed by atoms with Crippen LogP contribution in [0.2, 0.25) is 5.02 Å². The van der Waals surface area contributed by atoms with Crippen LogP contribution in [0.1, 0.15) is 18.0 Å². The van der Waals surface area contributed by atoms with Gasteiger partial charge in [0.2, 0.25) is 0 Å². The van der Waals surface area contributed by atoms with Gasteiger partial charge in [-0.15, -0.1) is 0 Å². The first-order chi connectivity index (χ1) is 13.1. The molecule has 138 valence electrons. The Morgan fingerprint density at radius 2 is 2.11 bits per heavy atom. The van der Waals surface area contributed by atoms with Crippen LogP contribution in [0.25, 0.3) is 11.4 Å².